The zero-order valence-corrected chi connectivity index (χ0v) is 18.7. The Kier molecular flexibility index (Phi) is 5.76. The van der Waals surface area contributed by atoms with Crippen molar-refractivity contribution in [2.45, 2.75) is 29.0 Å². The number of thiazole rings is 1. The number of nitrogens with zero attached hydrogens (tertiary/aromatic N) is 2. The molecule has 4 aromatic rings. The molecule has 2 aromatic heterocycles. The van der Waals surface area contributed by atoms with E-state index in [9.17, 15) is 8.42 Å². The van der Waals surface area contributed by atoms with Crippen LogP contribution < -0.4 is 4.72 Å². The molecule has 32 heavy (non-hydrogen) atoms. The number of hydrogen-bond donors (Lipinski definition) is 3. The molecule has 1 fully saturated rings. The van der Waals surface area contributed by atoms with Crippen molar-refractivity contribution < 1.29 is 23.4 Å². The molecule has 0 saturated heterocycles. The monoisotopic (exact) mass is 471 g/mol. The van der Waals surface area contributed by atoms with Gasteiger partial charge in [0.1, 0.15) is 0 Å². The highest BCUT2D eigenvalue weighted by Gasteiger charge is 2.53. The standard InChI is InChI=1S/C21H19N3O2S2.CH2O3/c1-21(16-10-6-3-7-11-16)12-18(21)23-28(25,26)19-14-24-13-17(22-20(24)27-19)15-8-4-2-5-9-15;2-1(3)4/h2-11,13-14,18,23H,12H2,1H3;(H2,2,3,4)/t18-,21+;/m0./s1. The maximum absolute atomic E-state index is 12.9. The summed E-state index contributed by atoms with van der Waals surface area (Å²) in [6.45, 7) is 2.10. The Morgan fingerprint density at radius 3 is 2.28 bits per heavy atom. The summed E-state index contributed by atoms with van der Waals surface area (Å²) < 4.78 is 30.7. The largest absolute Gasteiger partial charge is 0.503 e. The van der Waals surface area contributed by atoms with E-state index in [0.717, 1.165) is 23.2 Å². The van der Waals surface area contributed by atoms with Crippen molar-refractivity contribution in [2.75, 3.05) is 0 Å². The van der Waals surface area contributed by atoms with Crippen LogP contribution in [-0.4, -0.2) is 40.2 Å². The summed E-state index contributed by atoms with van der Waals surface area (Å²) in [5, 5.41) is 13.9. The average Bonchev–Trinajstić information content (AvgIpc) is 3.07. The summed E-state index contributed by atoms with van der Waals surface area (Å²) in [6, 6.07) is 19.8. The van der Waals surface area contributed by atoms with Crippen LogP contribution in [-0.2, 0) is 15.4 Å². The van der Waals surface area contributed by atoms with Gasteiger partial charge >= 0.3 is 6.16 Å². The predicted molar refractivity (Wildman–Crippen MR) is 122 cm³/mol. The van der Waals surface area contributed by atoms with Crippen molar-refractivity contribution in [2.24, 2.45) is 0 Å². The van der Waals surface area contributed by atoms with Crippen LogP contribution in [0.4, 0.5) is 4.79 Å². The van der Waals surface area contributed by atoms with Crippen LogP contribution >= 0.6 is 11.3 Å². The third kappa shape index (κ3) is 4.52. The Balaban J connectivity index is 0.000000567. The first kappa shape index (κ1) is 22.0. The summed E-state index contributed by atoms with van der Waals surface area (Å²) in [5.41, 5.74) is 2.86. The molecule has 2 aromatic carbocycles. The first-order chi connectivity index (χ1) is 15.2. The summed E-state index contributed by atoms with van der Waals surface area (Å²) in [6.07, 6.45) is 2.48. The molecule has 2 heterocycles. The molecule has 8 nitrogen and oxygen atoms in total. The summed E-state index contributed by atoms with van der Waals surface area (Å²) >= 11 is 1.19. The molecule has 0 spiro atoms. The molecule has 0 radical (unpaired) electrons. The number of carboxylic acid groups (broad SMARTS) is 2. The van der Waals surface area contributed by atoms with E-state index in [-0.39, 0.29) is 15.7 Å². The van der Waals surface area contributed by atoms with Gasteiger partial charge in [0.05, 0.1) is 5.69 Å². The normalized spacial score (nSPS) is 19.8. The Hall–Kier alpha value is -3.21. The summed E-state index contributed by atoms with van der Waals surface area (Å²) in [5.74, 6) is 0. The molecule has 0 aliphatic heterocycles. The van der Waals surface area contributed by atoms with E-state index in [2.05, 4.69) is 28.8 Å². The fourth-order valence-corrected chi connectivity index (χ4v) is 6.16. The molecule has 0 bridgehead atoms. The molecule has 2 atom stereocenters. The quantitative estimate of drug-likeness (QED) is 0.399. The number of benzene rings is 2. The number of sulfonamides is 1. The van der Waals surface area contributed by atoms with E-state index < -0.39 is 16.2 Å². The Labute approximate surface area is 188 Å². The number of imidazole rings is 1. The number of aromatic nitrogens is 2. The second kappa shape index (κ2) is 8.38. The van der Waals surface area contributed by atoms with E-state index >= 15 is 0 Å². The van der Waals surface area contributed by atoms with E-state index in [0.29, 0.717) is 4.96 Å². The highest BCUT2D eigenvalue weighted by molar-refractivity contribution is 7.91. The first-order valence-electron chi connectivity index (χ1n) is 9.73. The van der Waals surface area contributed by atoms with Crippen LogP contribution in [0.1, 0.15) is 18.9 Å². The third-order valence-electron chi connectivity index (χ3n) is 5.44. The van der Waals surface area contributed by atoms with Crippen LogP contribution in [0.15, 0.2) is 77.3 Å². The van der Waals surface area contributed by atoms with Crippen molar-refractivity contribution in [1.29, 1.82) is 0 Å². The second-order valence-electron chi connectivity index (χ2n) is 7.68. The molecule has 1 saturated carbocycles. The van der Waals surface area contributed by atoms with Gasteiger partial charge in [0.15, 0.2) is 9.17 Å². The van der Waals surface area contributed by atoms with Crippen molar-refractivity contribution in [3.8, 4) is 11.3 Å². The third-order valence-corrected chi connectivity index (χ3v) is 8.37. The van der Waals surface area contributed by atoms with Gasteiger partial charge in [-0.3, -0.25) is 4.40 Å². The predicted octanol–water partition coefficient (Wildman–Crippen LogP) is 4.29. The van der Waals surface area contributed by atoms with E-state index in [1.165, 1.54) is 11.3 Å². The highest BCUT2D eigenvalue weighted by atomic mass is 32.2. The van der Waals surface area contributed by atoms with Gasteiger partial charge in [-0.05, 0) is 12.0 Å². The lowest BCUT2D eigenvalue weighted by molar-refractivity contribution is 0.137. The van der Waals surface area contributed by atoms with E-state index in [4.69, 9.17) is 15.0 Å². The van der Waals surface area contributed by atoms with Crippen LogP contribution in [0.2, 0.25) is 0 Å². The lowest BCUT2D eigenvalue weighted by atomic mass is 9.98. The second-order valence-corrected chi connectivity index (χ2v) is 10.6. The van der Waals surface area contributed by atoms with E-state index in [1.807, 2.05) is 54.7 Å². The van der Waals surface area contributed by atoms with Crippen molar-refractivity contribution in [3.63, 3.8) is 0 Å². The molecule has 10 heteroatoms. The lowest BCUT2D eigenvalue weighted by Crippen LogP contribution is -2.29. The number of carbonyl (C=O) groups is 1. The Bertz CT molecular complexity index is 1310. The molecule has 3 N–H and O–H groups in total. The van der Waals surface area contributed by atoms with Gasteiger partial charge in [-0.25, -0.2) is 22.9 Å². The number of rotatable bonds is 5. The Morgan fingerprint density at radius 2 is 1.69 bits per heavy atom. The minimum Gasteiger partial charge on any atom is -0.450 e. The van der Waals surface area contributed by atoms with Crippen LogP contribution in [0.3, 0.4) is 0 Å². The summed E-state index contributed by atoms with van der Waals surface area (Å²) in [4.78, 5) is 13.8. The minimum atomic E-state index is -3.58. The van der Waals surface area contributed by atoms with Gasteiger partial charge in [-0.2, -0.15) is 0 Å². The minimum absolute atomic E-state index is 0.0887. The SMILES string of the molecule is C[C@]1(c2ccccc2)C[C@@H]1NS(=O)(=O)c1cn2cc(-c3ccccc3)nc2s1.O=C(O)O. The molecule has 0 unspecified atom stereocenters. The zero-order valence-electron chi connectivity index (χ0n) is 17.0. The fourth-order valence-electron chi connectivity index (χ4n) is 3.57. The molecule has 1 aliphatic carbocycles. The smallest absolute Gasteiger partial charge is 0.450 e. The maximum Gasteiger partial charge on any atom is 0.503 e. The molecule has 0 amide bonds. The molecule has 5 rings (SSSR count). The number of nitrogens with one attached hydrogen (secondary N) is 1. The van der Waals surface area contributed by atoms with Gasteiger partial charge in [-0.1, -0.05) is 78.9 Å². The average molecular weight is 472 g/mol. The van der Waals surface area contributed by atoms with Crippen LogP contribution in [0.5, 0.6) is 0 Å². The maximum atomic E-state index is 12.9. The van der Waals surface area contributed by atoms with Crippen molar-refractivity contribution >= 4 is 32.5 Å². The molecule has 1 aliphatic rings. The van der Waals surface area contributed by atoms with Crippen LogP contribution in [0.25, 0.3) is 16.2 Å². The Morgan fingerprint density at radius 1 is 1.09 bits per heavy atom. The van der Waals surface area contributed by atoms with Gasteiger partial charge in [0.2, 0.25) is 0 Å². The first-order valence-corrected chi connectivity index (χ1v) is 12.0. The van der Waals surface area contributed by atoms with E-state index in [1.54, 1.807) is 10.6 Å². The van der Waals surface area contributed by atoms with Gasteiger partial charge < -0.3 is 10.2 Å². The molecular weight excluding hydrogens is 450 g/mol. The fraction of sp³-hybridized carbons (Fsp3) is 0.182. The lowest BCUT2D eigenvalue weighted by Gasteiger charge is -2.12. The van der Waals surface area contributed by atoms with Gasteiger partial charge in [0.25, 0.3) is 10.0 Å². The number of fused-ring (bicyclic) bond motifs is 1. The zero-order chi connectivity index (χ0) is 22.9. The van der Waals surface area contributed by atoms with Crippen molar-refractivity contribution in [3.05, 3.63) is 78.6 Å². The molecular formula is C22H21N3O5S2. The van der Waals surface area contributed by atoms with Gasteiger partial charge in [0, 0.05) is 29.4 Å². The highest BCUT2D eigenvalue weighted by Crippen LogP contribution is 2.48. The van der Waals surface area contributed by atoms with Gasteiger partial charge in [-0.15, -0.1) is 0 Å². The van der Waals surface area contributed by atoms with Crippen LogP contribution in [0, 0.1) is 0 Å². The topological polar surface area (TPSA) is 121 Å². The number of hydrogen-bond acceptors (Lipinski definition) is 5. The molecule has 166 valence electrons. The summed E-state index contributed by atoms with van der Waals surface area (Å²) in [7, 11) is -3.58. The van der Waals surface area contributed by atoms with Crippen molar-refractivity contribution in [1.82, 2.24) is 14.1 Å².